The van der Waals surface area contributed by atoms with Gasteiger partial charge in [0.1, 0.15) is 0 Å². The summed E-state index contributed by atoms with van der Waals surface area (Å²) in [6.07, 6.45) is 2.21. The number of hydrogen-bond acceptors (Lipinski definition) is 3. The lowest BCUT2D eigenvalue weighted by molar-refractivity contribution is -0.137. The number of hydrogen-bond donors (Lipinski definition) is 2. The van der Waals surface area contributed by atoms with Gasteiger partial charge in [0.05, 0.1) is 12.5 Å². The Balaban J connectivity index is 1.90. The van der Waals surface area contributed by atoms with Crippen molar-refractivity contribution in [2.24, 2.45) is 5.92 Å². The maximum Gasteiger partial charge on any atom is 0.318 e. The van der Waals surface area contributed by atoms with Gasteiger partial charge in [-0.25, -0.2) is 4.79 Å². The molecule has 2 heterocycles. The van der Waals surface area contributed by atoms with Crippen molar-refractivity contribution in [1.82, 2.24) is 15.1 Å². The number of urea groups is 1. The van der Waals surface area contributed by atoms with Crippen molar-refractivity contribution in [3.63, 3.8) is 0 Å². The van der Waals surface area contributed by atoms with E-state index in [9.17, 15) is 9.59 Å². The summed E-state index contributed by atoms with van der Waals surface area (Å²) >= 11 is 0. The summed E-state index contributed by atoms with van der Waals surface area (Å²) in [6, 6.07) is -0.177. The molecule has 0 saturated carbocycles. The molecule has 2 amide bonds. The number of aliphatic carboxylic acids is 1. The minimum Gasteiger partial charge on any atom is -0.481 e. The lowest BCUT2D eigenvalue weighted by Gasteiger charge is -2.32. The van der Waals surface area contributed by atoms with E-state index >= 15 is 0 Å². The van der Waals surface area contributed by atoms with E-state index in [1.807, 2.05) is 0 Å². The number of carbonyl (C=O) groups excluding carboxylic acids is 1. The highest BCUT2D eigenvalue weighted by Gasteiger charge is 2.37. The number of carbonyl (C=O) groups is 2. The summed E-state index contributed by atoms with van der Waals surface area (Å²) in [7, 11) is 2.12. The van der Waals surface area contributed by atoms with Crippen molar-refractivity contribution in [2.45, 2.75) is 38.3 Å². The predicted molar refractivity (Wildman–Crippen MR) is 71.0 cm³/mol. The minimum absolute atomic E-state index is 0.00748. The fourth-order valence-corrected chi connectivity index (χ4v) is 3.02. The average molecular weight is 269 g/mol. The number of rotatable bonds is 4. The summed E-state index contributed by atoms with van der Waals surface area (Å²) in [6.45, 7) is 4.58. The van der Waals surface area contributed by atoms with Gasteiger partial charge >= 0.3 is 12.0 Å². The molecule has 0 aliphatic carbocycles. The average Bonchev–Trinajstić information content (AvgIpc) is 2.71. The van der Waals surface area contributed by atoms with Gasteiger partial charge in [0.25, 0.3) is 0 Å². The number of amides is 2. The van der Waals surface area contributed by atoms with E-state index < -0.39 is 5.97 Å². The first-order valence-corrected chi connectivity index (χ1v) is 6.95. The molecule has 0 aromatic heterocycles. The normalized spacial score (nSPS) is 27.4. The Morgan fingerprint density at radius 3 is 2.68 bits per heavy atom. The third kappa shape index (κ3) is 3.37. The Bertz CT molecular complexity index is 353. The van der Waals surface area contributed by atoms with E-state index in [-0.39, 0.29) is 24.5 Å². The highest BCUT2D eigenvalue weighted by Crippen LogP contribution is 2.24. The first-order valence-electron chi connectivity index (χ1n) is 6.95. The van der Waals surface area contributed by atoms with E-state index in [4.69, 9.17) is 5.11 Å². The van der Waals surface area contributed by atoms with Gasteiger partial charge in [-0.1, -0.05) is 0 Å². The van der Waals surface area contributed by atoms with Crippen LogP contribution in [-0.4, -0.2) is 65.7 Å². The Labute approximate surface area is 113 Å². The van der Waals surface area contributed by atoms with Crippen molar-refractivity contribution >= 4 is 12.0 Å². The molecule has 2 N–H and O–H groups in total. The van der Waals surface area contributed by atoms with Crippen LogP contribution in [0.25, 0.3) is 0 Å². The van der Waals surface area contributed by atoms with Gasteiger partial charge in [-0.3, -0.25) is 4.79 Å². The van der Waals surface area contributed by atoms with Gasteiger partial charge < -0.3 is 20.2 Å². The lowest BCUT2D eigenvalue weighted by atomic mass is 9.90. The smallest absolute Gasteiger partial charge is 0.318 e. The summed E-state index contributed by atoms with van der Waals surface area (Å²) in [5, 5.41) is 11.8. The molecule has 2 atom stereocenters. The Kier molecular flexibility index (Phi) is 4.29. The zero-order chi connectivity index (χ0) is 14.0. The van der Waals surface area contributed by atoms with Crippen LogP contribution in [0.2, 0.25) is 0 Å². The molecule has 2 unspecified atom stereocenters. The van der Waals surface area contributed by atoms with E-state index in [2.05, 4.69) is 17.3 Å². The standard InChI is InChI=1S/C13H23N3O3/c1-9(7-12(17)18)16-8-11(14-13(16)19)10-3-5-15(2)6-4-10/h9-11H,3-8H2,1-2H3,(H,14,19)(H,17,18). The molecule has 6 nitrogen and oxygen atoms in total. The van der Waals surface area contributed by atoms with Crippen LogP contribution < -0.4 is 5.32 Å². The van der Waals surface area contributed by atoms with Gasteiger partial charge in [0.15, 0.2) is 0 Å². The summed E-state index contributed by atoms with van der Waals surface area (Å²) < 4.78 is 0. The molecule has 108 valence electrons. The number of carboxylic acids is 1. The zero-order valence-electron chi connectivity index (χ0n) is 11.6. The third-order valence-electron chi connectivity index (χ3n) is 4.30. The molecule has 2 saturated heterocycles. The molecule has 0 spiro atoms. The van der Waals surface area contributed by atoms with Crippen LogP contribution in [0.3, 0.4) is 0 Å². The summed E-state index contributed by atoms with van der Waals surface area (Å²) in [4.78, 5) is 26.6. The van der Waals surface area contributed by atoms with E-state index in [0.717, 1.165) is 25.9 Å². The van der Waals surface area contributed by atoms with Crippen molar-refractivity contribution in [1.29, 1.82) is 0 Å². The molecule has 0 radical (unpaired) electrons. The van der Waals surface area contributed by atoms with Crippen LogP contribution in [-0.2, 0) is 4.79 Å². The number of nitrogens with one attached hydrogen (secondary N) is 1. The summed E-state index contributed by atoms with van der Waals surface area (Å²) in [5.41, 5.74) is 0. The predicted octanol–water partition coefficient (Wildman–Crippen LogP) is 0.585. The highest BCUT2D eigenvalue weighted by molar-refractivity contribution is 5.78. The SMILES string of the molecule is CC(CC(=O)O)N1CC(C2CCN(C)CC2)NC1=O. The summed E-state index contributed by atoms with van der Waals surface area (Å²) in [5.74, 6) is -0.342. The maximum atomic E-state index is 11.9. The van der Waals surface area contributed by atoms with Crippen molar-refractivity contribution in [3.8, 4) is 0 Å². The molecular weight excluding hydrogens is 246 g/mol. The van der Waals surface area contributed by atoms with Crippen LogP contribution in [0, 0.1) is 5.92 Å². The van der Waals surface area contributed by atoms with E-state index in [0.29, 0.717) is 12.5 Å². The molecule has 6 heteroatoms. The second kappa shape index (κ2) is 5.77. The second-order valence-corrected chi connectivity index (χ2v) is 5.80. The number of likely N-dealkylation sites (tertiary alicyclic amines) is 1. The number of carboxylic acid groups (broad SMARTS) is 1. The van der Waals surface area contributed by atoms with E-state index in [1.54, 1.807) is 11.8 Å². The quantitative estimate of drug-likeness (QED) is 0.783. The molecular formula is C13H23N3O3. The fourth-order valence-electron chi connectivity index (χ4n) is 3.02. The van der Waals surface area contributed by atoms with Gasteiger partial charge in [-0.05, 0) is 45.8 Å². The Morgan fingerprint density at radius 2 is 2.11 bits per heavy atom. The molecule has 0 aromatic rings. The second-order valence-electron chi connectivity index (χ2n) is 5.80. The molecule has 0 bridgehead atoms. The van der Waals surface area contributed by atoms with Crippen LogP contribution in [0.15, 0.2) is 0 Å². The topological polar surface area (TPSA) is 72.9 Å². The largest absolute Gasteiger partial charge is 0.481 e. The first kappa shape index (κ1) is 14.1. The monoisotopic (exact) mass is 269 g/mol. The van der Waals surface area contributed by atoms with Crippen molar-refractivity contribution in [2.75, 3.05) is 26.7 Å². The van der Waals surface area contributed by atoms with E-state index in [1.165, 1.54) is 0 Å². The molecule has 2 fully saturated rings. The Hall–Kier alpha value is -1.30. The Morgan fingerprint density at radius 1 is 1.47 bits per heavy atom. The van der Waals surface area contributed by atoms with Crippen LogP contribution in [0.1, 0.15) is 26.2 Å². The van der Waals surface area contributed by atoms with Gasteiger partial charge in [0, 0.05) is 12.6 Å². The van der Waals surface area contributed by atoms with Crippen LogP contribution in [0.4, 0.5) is 4.79 Å². The third-order valence-corrected chi connectivity index (χ3v) is 4.30. The highest BCUT2D eigenvalue weighted by atomic mass is 16.4. The first-order chi connectivity index (χ1) is 8.97. The lowest BCUT2D eigenvalue weighted by Crippen LogP contribution is -2.41. The molecule has 0 aromatic carbocycles. The zero-order valence-corrected chi connectivity index (χ0v) is 11.6. The number of piperidine rings is 1. The molecule has 19 heavy (non-hydrogen) atoms. The van der Waals surface area contributed by atoms with Gasteiger partial charge in [-0.2, -0.15) is 0 Å². The maximum absolute atomic E-state index is 11.9. The fraction of sp³-hybridized carbons (Fsp3) is 0.846. The van der Waals surface area contributed by atoms with Gasteiger partial charge in [-0.15, -0.1) is 0 Å². The van der Waals surface area contributed by atoms with Crippen molar-refractivity contribution < 1.29 is 14.7 Å². The van der Waals surface area contributed by atoms with Crippen LogP contribution >= 0.6 is 0 Å². The van der Waals surface area contributed by atoms with Gasteiger partial charge in [0.2, 0.25) is 0 Å². The molecule has 2 aliphatic heterocycles. The molecule has 2 aliphatic rings. The molecule has 2 rings (SSSR count). The number of nitrogens with zero attached hydrogens (tertiary/aromatic N) is 2. The van der Waals surface area contributed by atoms with Crippen LogP contribution in [0.5, 0.6) is 0 Å². The minimum atomic E-state index is -0.858. The van der Waals surface area contributed by atoms with Crippen molar-refractivity contribution in [3.05, 3.63) is 0 Å².